The first-order chi connectivity index (χ1) is 12.0. The Kier molecular flexibility index (Phi) is 7.96. The minimum Gasteiger partial charge on any atom is -0.316 e. The molecule has 0 spiro atoms. The van der Waals surface area contributed by atoms with E-state index in [-0.39, 0.29) is 0 Å². The van der Waals surface area contributed by atoms with E-state index in [1.165, 1.54) is 47.1 Å². The molecule has 25 heavy (non-hydrogen) atoms. The Morgan fingerprint density at radius 3 is 2.52 bits per heavy atom. The summed E-state index contributed by atoms with van der Waals surface area (Å²) in [5.41, 5.74) is 7.34. The van der Waals surface area contributed by atoms with Crippen molar-refractivity contribution in [2.45, 2.75) is 66.7 Å². The van der Waals surface area contributed by atoms with E-state index in [9.17, 15) is 0 Å². The lowest BCUT2D eigenvalue weighted by atomic mass is 9.88. The van der Waals surface area contributed by atoms with Crippen molar-refractivity contribution >= 4 is 0 Å². The molecule has 0 fully saturated rings. The molecule has 0 saturated heterocycles. The molecule has 0 heterocycles. The molecular weight excluding hydrogens is 302 g/mol. The summed E-state index contributed by atoms with van der Waals surface area (Å²) in [6.07, 6.45) is 11.0. The molecule has 138 valence electrons. The Hall–Kier alpha value is -1.34. The van der Waals surface area contributed by atoms with Crippen LogP contribution in [0.1, 0.15) is 63.1 Å². The zero-order chi connectivity index (χ0) is 18.2. The molecule has 0 aliphatic heterocycles. The summed E-state index contributed by atoms with van der Waals surface area (Å²) < 4.78 is 0. The van der Waals surface area contributed by atoms with Gasteiger partial charge in [0.1, 0.15) is 0 Å². The minimum absolute atomic E-state index is 0.661. The summed E-state index contributed by atoms with van der Waals surface area (Å²) in [7, 11) is 0. The van der Waals surface area contributed by atoms with Crippen LogP contribution in [0, 0.1) is 25.7 Å². The quantitative estimate of drug-likeness (QED) is 0.568. The summed E-state index contributed by atoms with van der Waals surface area (Å²) in [4.78, 5) is 0. The van der Waals surface area contributed by atoms with Crippen LogP contribution in [0.3, 0.4) is 0 Å². The highest BCUT2D eigenvalue weighted by Crippen LogP contribution is 2.25. The third-order valence-corrected chi connectivity index (χ3v) is 5.64. The third-order valence-electron chi connectivity index (χ3n) is 5.64. The molecule has 0 saturated carbocycles. The van der Waals surface area contributed by atoms with Crippen molar-refractivity contribution < 1.29 is 0 Å². The highest BCUT2D eigenvalue weighted by molar-refractivity contribution is 5.33. The lowest BCUT2D eigenvalue weighted by Gasteiger charge is -2.22. The van der Waals surface area contributed by atoms with Crippen molar-refractivity contribution in [1.29, 1.82) is 0 Å². The maximum Gasteiger partial charge on any atom is 0.00176 e. The molecule has 2 rings (SSSR count). The van der Waals surface area contributed by atoms with Gasteiger partial charge in [0.05, 0.1) is 0 Å². The topological polar surface area (TPSA) is 12.0 Å². The molecule has 0 radical (unpaired) electrons. The van der Waals surface area contributed by atoms with Gasteiger partial charge in [-0.05, 0) is 69.5 Å². The summed E-state index contributed by atoms with van der Waals surface area (Å²) in [5.74, 6) is 1.49. The first-order valence-corrected chi connectivity index (χ1v) is 10.2. The lowest BCUT2D eigenvalue weighted by Crippen LogP contribution is -2.28. The van der Waals surface area contributed by atoms with Gasteiger partial charge in [-0.3, -0.25) is 0 Å². The van der Waals surface area contributed by atoms with Gasteiger partial charge in [0.25, 0.3) is 0 Å². The molecule has 1 heteroatoms. The zero-order valence-corrected chi connectivity index (χ0v) is 17.0. The Bertz CT molecular complexity index is 605. The first-order valence-electron chi connectivity index (χ1n) is 10.2. The molecule has 1 aliphatic carbocycles. The largest absolute Gasteiger partial charge is 0.316 e. The minimum atomic E-state index is 0.661. The van der Waals surface area contributed by atoms with Crippen LogP contribution in [-0.4, -0.2) is 13.1 Å². The van der Waals surface area contributed by atoms with Crippen LogP contribution < -0.4 is 5.32 Å². The van der Waals surface area contributed by atoms with Gasteiger partial charge in [-0.1, -0.05) is 73.7 Å². The molecule has 1 aliphatic rings. The van der Waals surface area contributed by atoms with Gasteiger partial charge < -0.3 is 5.32 Å². The predicted molar refractivity (Wildman–Crippen MR) is 111 cm³/mol. The van der Waals surface area contributed by atoms with Gasteiger partial charge in [0.2, 0.25) is 0 Å². The third kappa shape index (κ3) is 6.47. The second-order valence-corrected chi connectivity index (χ2v) is 7.97. The molecule has 1 aromatic rings. The van der Waals surface area contributed by atoms with Crippen LogP contribution in [0.25, 0.3) is 0 Å². The van der Waals surface area contributed by atoms with Gasteiger partial charge >= 0.3 is 0 Å². The first kappa shape index (κ1) is 20.0. The van der Waals surface area contributed by atoms with Crippen molar-refractivity contribution in [3.05, 3.63) is 58.2 Å². The number of allylic oxidation sites excluding steroid dienone is 3. The van der Waals surface area contributed by atoms with Crippen LogP contribution in [-0.2, 0) is 6.42 Å². The van der Waals surface area contributed by atoms with Crippen molar-refractivity contribution in [2.24, 2.45) is 11.8 Å². The van der Waals surface area contributed by atoms with Crippen LogP contribution in [0.2, 0.25) is 0 Å². The fourth-order valence-corrected chi connectivity index (χ4v) is 3.94. The van der Waals surface area contributed by atoms with Crippen molar-refractivity contribution in [3.63, 3.8) is 0 Å². The number of nitrogens with one attached hydrogen (secondary N) is 1. The molecule has 1 unspecified atom stereocenters. The summed E-state index contributed by atoms with van der Waals surface area (Å²) in [5, 5.41) is 3.72. The van der Waals surface area contributed by atoms with Gasteiger partial charge in [-0.15, -0.1) is 0 Å². The van der Waals surface area contributed by atoms with Gasteiger partial charge in [-0.2, -0.15) is 0 Å². The second kappa shape index (κ2) is 9.97. The van der Waals surface area contributed by atoms with E-state index in [2.05, 4.69) is 70.3 Å². The standard InChI is InChI=1S/C24H37N/c1-6-21(7-2)16-25-17-23-14-19(4)13-22(15-23)9-11-24-10-8-18(3)12-20(24)5/h8,10,12-13,15,21,23,25H,6-7,9,11,14,16-17H2,1-5H3. The van der Waals surface area contributed by atoms with Crippen molar-refractivity contribution in [3.8, 4) is 0 Å². The van der Waals surface area contributed by atoms with E-state index in [1.807, 2.05) is 0 Å². The fourth-order valence-electron chi connectivity index (χ4n) is 3.94. The van der Waals surface area contributed by atoms with E-state index in [4.69, 9.17) is 0 Å². The summed E-state index contributed by atoms with van der Waals surface area (Å²) in [6, 6.07) is 6.85. The van der Waals surface area contributed by atoms with Crippen LogP contribution in [0.4, 0.5) is 0 Å². The molecule has 0 amide bonds. The van der Waals surface area contributed by atoms with Crippen LogP contribution in [0.5, 0.6) is 0 Å². The maximum absolute atomic E-state index is 3.72. The molecule has 1 atom stereocenters. The number of hydrogen-bond acceptors (Lipinski definition) is 1. The molecule has 0 aromatic heterocycles. The van der Waals surface area contributed by atoms with Gasteiger partial charge in [0.15, 0.2) is 0 Å². The van der Waals surface area contributed by atoms with Gasteiger partial charge in [0, 0.05) is 6.54 Å². The predicted octanol–water partition coefficient (Wildman–Crippen LogP) is 6.15. The summed E-state index contributed by atoms with van der Waals surface area (Å²) in [6.45, 7) is 13.6. The normalized spacial score (nSPS) is 17.6. The molecule has 0 bridgehead atoms. The Morgan fingerprint density at radius 1 is 1.08 bits per heavy atom. The molecule has 1 nitrogen and oxygen atoms in total. The second-order valence-electron chi connectivity index (χ2n) is 7.97. The van der Waals surface area contributed by atoms with Gasteiger partial charge in [-0.25, -0.2) is 0 Å². The highest BCUT2D eigenvalue weighted by atomic mass is 14.9. The Labute approximate surface area is 155 Å². The SMILES string of the molecule is CCC(CC)CNCC1C=C(CCc2ccc(C)cc2C)C=C(C)C1. The number of rotatable bonds is 9. The van der Waals surface area contributed by atoms with E-state index < -0.39 is 0 Å². The lowest BCUT2D eigenvalue weighted by molar-refractivity contribution is 0.429. The van der Waals surface area contributed by atoms with E-state index in [0.717, 1.165) is 31.8 Å². The average Bonchev–Trinajstić information content (AvgIpc) is 2.57. The average molecular weight is 340 g/mol. The van der Waals surface area contributed by atoms with Crippen LogP contribution >= 0.6 is 0 Å². The smallest absolute Gasteiger partial charge is 0.00176 e. The zero-order valence-electron chi connectivity index (χ0n) is 17.0. The molecule has 1 aromatic carbocycles. The Morgan fingerprint density at radius 2 is 1.84 bits per heavy atom. The number of hydrogen-bond donors (Lipinski definition) is 1. The monoisotopic (exact) mass is 339 g/mol. The van der Waals surface area contributed by atoms with Crippen molar-refractivity contribution in [1.82, 2.24) is 5.32 Å². The number of aryl methyl sites for hydroxylation is 3. The van der Waals surface area contributed by atoms with E-state index in [1.54, 1.807) is 0 Å². The van der Waals surface area contributed by atoms with Crippen LogP contribution in [0.15, 0.2) is 41.5 Å². The number of benzene rings is 1. The molecular formula is C24H37N. The van der Waals surface area contributed by atoms with E-state index >= 15 is 0 Å². The maximum atomic E-state index is 3.72. The Balaban J connectivity index is 1.89. The summed E-state index contributed by atoms with van der Waals surface area (Å²) >= 11 is 0. The highest BCUT2D eigenvalue weighted by Gasteiger charge is 2.14. The van der Waals surface area contributed by atoms with E-state index in [0.29, 0.717) is 5.92 Å². The van der Waals surface area contributed by atoms with Crippen molar-refractivity contribution in [2.75, 3.05) is 13.1 Å². The fraction of sp³-hybridized carbons (Fsp3) is 0.583. The molecule has 1 N–H and O–H groups in total.